The standard InChI is InChI=1S/C34H39FN2/c1-7-11-30(24(6)32-17-25(9-3)12-14-33(32)35)26-13-15-34-27(18-26)19-28(21-36-34)31-20-29(10-4)37(16-8-2)22-23(31)5/h7,11-15,17-21H,8-10,16,22H2,1-6H3/b11-7-,30-24-. The summed E-state index contributed by atoms with van der Waals surface area (Å²) < 4.78 is 14.9. The molecule has 1 aromatic heterocycles. The van der Waals surface area contributed by atoms with Crippen molar-refractivity contribution in [2.45, 2.75) is 60.8 Å². The number of fused-ring (bicyclic) bond motifs is 1. The maximum Gasteiger partial charge on any atom is 0.130 e. The van der Waals surface area contributed by atoms with Crippen LogP contribution in [0.5, 0.6) is 0 Å². The van der Waals surface area contributed by atoms with E-state index < -0.39 is 0 Å². The minimum atomic E-state index is -0.184. The Morgan fingerprint density at radius 2 is 1.86 bits per heavy atom. The smallest absolute Gasteiger partial charge is 0.130 e. The van der Waals surface area contributed by atoms with Gasteiger partial charge in [-0.15, -0.1) is 0 Å². The second-order valence-corrected chi connectivity index (χ2v) is 9.94. The lowest BCUT2D eigenvalue weighted by Crippen LogP contribution is -2.28. The number of hydrogen-bond donors (Lipinski definition) is 0. The molecule has 0 saturated heterocycles. The number of aryl methyl sites for hydroxylation is 1. The summed E-state index contributed by atoms with van der Waals surface area (Å²) in [5.41, 5.74) is 11.0. The zero-order valence-corrected chi connectivity index (χ0v) is 23.2. The average Bonchev–Trinajstić information content (AvgIpc) is 2.91. The summed E-state index contributed by atoms with van der Waals surface area (Å²) in [4.78, 5) is 7.31. The fourth-order valence-electron chi connectivity index (χ4n) is 5.28. The maximum atomic E-state index is 14.9. The Morgan fingerprint density at radius 3 is 2.57 bits per heavy atom. The number of benzene rings is 2. The van der Waals surface area contributed by atoms with Crippen molar-refractivity contribution in [3.63, 3.8) is 0 Å². The third kappa shape index (κ3) is 5.61. The predicted octanol–water partition coefficient (Wildman–Crippen LogP) is 9.24. The number of pyridine rings is 1. The molecule has 37 heavy (non-hydrogen) atoms. The molecular formula is C34H39FN2. The normalized spacial score (nSPS) is 15.0. The Bertz CT molecular complexity index is 1420. The quantitative estimate of drug-likeness (QED) is 0.229. The highest BCUT2D eigenvalue weighted by atomic mass is 19.1. The molecule has 1 aliphatic heterocycles. The van der Waals surface area contributed by atoms with Crippen LogP contribution >= 0.6 is 0 Å². The zero-order chi connectivity index (χ0) is 26.5. The molecule has 0 bridgehead atoms. The number of rotatable bonds is 8. The second kappa shape index (κ2) is 11.7. The summed E-state index contributed by atoms with van der Waals surface area (Å²) >= 11 is 0. The Hall–Kier alpha value is -3.46. The minimum Gasteiger partial charge on any atom is -0.371 e. The molecule has 1 aliphatic rings. The highest BCUT2D eigenvalue weighted by Gasteiger charge is 2.18. The van der Waals surface area contributed by atoms with Crippen LogP contribution in [0.2, 0.25) is 0 Å². The largest absolute Gasteiger partial charge is 0.371 e. The molecule has 0 amide bonds. The lowest BCUT2D eigenvalue weighted by molar-refractivity contribution is 0.358. The molecule has 0 saturated carbocycles. The van der Waals surface area contributed by atoms with Crippen molar-refractivity contribution in [3.8, 4) is 0 Å². The number of nitrogens with zero attached hydrogens (tertiary/aromatic N) is 2. The molecule has 0 radical (unpaired) electrons. The SMILES string of the molecule is C/C=C\C(=C(/C)c1cc(CC)ccc1F)c1ccc2ncc(C3=C(C)CN(CCC)C(CC)=C3)cc2c1. The van der Waals surface area contributed by atoms with E-state index in [1.807, 2.05) is 38.3 Å². The number of halogens is 1. The van der Waals surface area contributed by atoms with Crippen LogP contribution in [0.4, 0.5) is 4.39 Å². The fraction of sp³-hybridized carbons (Fsp3) is 0.324. The maximum absolute atomic E-state index is 14.9. The van der Waals surface area contributed by atoms with Crippen molar-refractivity contribution in [1.82, 2.24) is 9.88 Å². The van der Waals surface area contributed by atoms with Gasteiger partial charge in [0.05, 0.1) is 5.52 Å². The number of aromatic nitrogens is 1. The molecule has 2 heterocycles. The van der Waals surface area contributed by atoms with E-state index >= 15 is 0 Å². The van der Waals surface area contributed by atoms with Crippen LogP contribution in [0.1, 0.15) is 76.6 Å². The van der Waals surface area contributed by atoms with Gasteiger partial charge in [-0.2, -0.15) is 0 Å². The Labute approximate surface area is 221 Å². The number of hydrogen-bond acceptors (Lipinski definition) is 2. The van der Waals surface area contributed by atoms with Crippen molar-refractivity contribution >= 4 is 27.6 Å². The highest BCUT2D eigenvalue weighted by Crippen LogP contribution is 2.34. The molecule has 0 aliphatic carbocycles. The van der Waals surface area contributed by atoms with Crippen LogP contribution in [-0.4, -0.2) is 23.0 Å². The molecule has 2 nitrogen and oxygen atoms in total. The average molecular weight is 495 g/mol. The van der Waals surface area contributed by atoms with Crippen LogP contribution in [0.25, 0.3) is 27.6 Å². The highest BCUT2D eigenvalue weighted by molar-refractivity contribution is 5.97. The molecular weight excluding hydrogens is 455 g/mol. The summed E-state index contributed by atoms with van der Waals surface area (Å²) in [5, 5.41) is 1.09. The van der Waals surface area contributed by atoms with Gasteiger partial charge in [-0.1, -0.05) is 45.1 Å². The van der Waals surface area contributed by atoms with Crippen molar-refractivity contribution in [1.29, 1.82) is 0 Å². The molecule has 4 rings (SSSR count). The molecule has 3 heteroatoms. The van der Waals surface area contributed by atoms with Crippen LogP contribution in [0, 0.1) is 5.82 Å². The van der Waals surface area contributed by atoms with Gasteiger partial charge in [0.2, 0.25) is 0 Å². The monoisotopic (exact) mass is 494 g/mol. The van der Waals surface area contributed by atoms with Crippen molar-refractivity contribution < 1.29 is 4.39 Å². The van der Waals surface area contributed by atoms with Gasteiger partial charge in [0.15, 0.2) is 0 Å². The summed E-state index contributed by atoms with van der Waals surface area (Å²) in [5.74, 6) is -0.184. The van der Waals surface area contributed by atoms with Gasteiger partial charge in [0.25, 0.3) is 0 Å². The Kier molecular flexibility index (Phi) is 8.43. The fourth-order valence-corrected chi connectivity index (χ4v) is 5.28. The Balaban J connectivity index is 1.81. The molecule has 0 fully saturated rings. The van der Waals surface area contributed by atoms with Gasteiger partial charge in [-0.25, -0.2) is 4.39 Å². The summed E-state index contributed by atoms with van der Waals surface area (Å²) in [7, 11) is 0. The van der Waals surface area contributed by atoms with Gasteiger partial charge in [0.1, 0.15) is 5.82 Å². The van der Waals surface area contributed by atoms with E-state index in [0.29, 0.717) is 5.56 Å². The summed E-state index contributed by atoms with van der Waals surface area (Å²) in [6, 6.07) is 14.0. The molecule has 3 aromatic rings. The second-order valence-electron chi connectivity index (χ2n) is 9.94. The third-order valence-electron chi connectivity index (χ3n) is 7.34. The van der Waals surface area contributed by atoms with Crippen LogP contribution in [-0.2, 0) is 6.42 Å². The molecule has 192 valence electrons. The molecule has 2 aromatic carbocycles. The lowest BCUT2D eigenvalue weighted by Gasteiger charge is -2.32. The van der Waals surface area contributed by atoms with E-state index in [4.69, 9.17) is 4.98 Å². The van der Waals surface area contributed by atoms with E-state index in [-0.39, 0.29) is 5.82 Å². The lowest BCUT2D eigenvalue weighted by atomic mass is 9.92. The van der Waals surface area contributed by atoms with E-state index in [9.17, 15) is 4.39 Å². The first-order valence-corrected chi connectivity index (χ1v) is 13.6. The topological polar surface area (TPSA) is 16.1 Å². The molecule has 0 N–H and O–H groups in total. The first-order chi connectivity index (χ1) is 17.9. The van der Waals surface area contributed by atoms with Crippen LogP contribution < -0.4 is 0 Å². The van der Waals surface area contributed by atoms with E-state index in [2.05, 4.69) is 69.0 Å². The third-order valence-corrected chi connectivity index (χ3v) is 7.34. The first-order valence-electron chi connectivity index (χ1n) is 13.6. The van der Waals surface area contributed by atoms with E-state index in [0.717, 1.165) is 71.1 Å². The molecule has 0 spiro atoms. The van der Waals surface area contributed by atoms with Crippen molar-refractivity contribution in [2.24, 2.45) is 0 Å². The van der Waals surface area contributed by atoms with Gasteiger partial charge >= 0.3 is 0 Å². The van der Waals surface area contributed by atoms with E-state index in [1.54, 1.807) is 6.07 Å². The Morgan fingerprint density at radius 1 is 1.05 bits per heavy atom. The van der Waals surface area contributed by atoms with Crippen LogP contribution in [0.3, 0.4) is 0 Å². The van der Waals surface area contributed by atoms with Crippen molar-refractivity contribution in [3.05, 3.63) is 106 Å². The molecule has 0 atom stereocenters. The van der Waals surface area contributed by atoms with Crippen LogP contribution in [0.15, 0.2) is 78.2 Å². The van der Waals surface area contributed by atoms with Gasteiger partial charge in [0, 0.05) is 41.5 Å². The number of allylic oxidation sites excluding steroid dienone is 7. The summed E-state index contributed by atoms with van der Waals surface area (Å²) in [6.45, 7) is 14.9. The minimum absolute atomic E-state index is 0.184. The zero-order valence-electron chi connectivity index (χ0n) is 23.2. The van der Waals surface area contributed by atoms with Gasteiger partial charge < -0.3 is 4.90 Å². The van der Waals surface area contributed by atoms with Crippen molar-refractivity contribution in [2.75, 3.05) is 13.1 Å². The van der Waals surface area contributed by atoms with Gasteiger partial charge in [-0.05, 0) is 110 Å². The first kappa shape index (κ1) is 26.6. The van der Waals surface area contributed by atoms with E-state index in [1.165, 1.54) is 16.8 Å². The van der Waals surface area contributed by atoms with Gasteiger partial charge in [-0.3, -0.25) is 4.98 Å². The predicted molar refractivity (Wildman–Crippen MR) is 158 cm³/mol. The summed E-state index contributed by atoms with van der Waals surface area (Å²) in [6.07, 6.45) is 11.5. The molecule has 0 unspecified atom stereocenters.